The van der Waals surface area contributed by atoms with E-state index in [0.29, 0.717) is 18.5 Å². The summed E-state index contributed by atoms with van der Waals surface area (Å²) in [6.45, 7) is 9.35. The Labute approximate surface area is 144 Å². The Hall–Kier alpha value is -1.66. The normalized spacial score (nSPS) is 16.9. The van der Waals surface area contributed by atoms with Gasteiger partial charge in [0.15, 0.2) is 5.96 Å². The van der Waals surface area contributed by atoms with Crippen molar-refractivity contribution in [3.05, 3.63) is 35.6 Å². The molecule has 0 saturated carbocycles. The number of ether oxygens (including phenoxy) is 1. The first-order valence-corrected chi connectivity index (χ1v) is 8.53. The maximum atomic E-state index is 13.6. The highest BCUT2D eigenvalue weighted by Gasteiger charge is 2.28. The zero-order chi connectivity index (χ0) is 17.4. The van der Waals surface area contributed by atoms with Gasteiger partial charge in [-0.3, -0.25) is 9.89 Å². The molecule has 1 aromatic carbocycles. The van der Waals surface area contributed by atoms with Crippen molar-refractivity contribution in [2.45, 2.75) is 25.8 Å². The Morgan fingerprint density at radius 2 is 1.96 bits per heavy atom. The molecule has 0 bridgehead atoms. The van der Waals surface area contributed by atoms with Gasteiger partial charge in [-0.05, 0) is 31.9 Å². The van der Waals surface area contributed by atoms with Crippen molar-refractivity contribution in [1.82, 2.24) is 15.5 Å². The Morgan fingerprint density at radius 1 is 1.25 bits per heavy atom. The fourth-order valence-corrected chi connectivity index (χ4v) is 2.82. The minimum absolute atomic E-state index is 0.0208. The average molecular weight is 336 g/mol. The van der Waals surface area contributed by atoms with Gasteiger partial charge in [-0.25, -0.2) is 4.39 Å². The van der Waals surface area contributed by atoms with Crippen LogP contribution in [0, 0.1) is 5.82 Å². The van der Waals surface area contributed by atoms with Gasteiger partial charge in [0, 0.05) is 38.8 Å². The largest absolute Gasteiger partial charge is 0.379 e. The summed E-state index contributed by atoms with van der Waals surface area (Å²) in [6, 6.07) is 6.87. The second-order valence-electron chi connectivity index (χ2n) is 6.61. The summed E-state index contributed by atoms with van der Waals surface area (Å²) in [7, 11) is 1.75. The molecule has 2 N–H and O–H groups in total. The first kappa shape index (κ1) is 18.7. The van der Waals surface area contributed by atoms with Crippen LogP contribution in [0.1, 0.15) is 19.4 Å². The van der Waals surface area contributed by atoms with Gasteiger partial charge in [-0.15, -0.1) is 0 Å². The molecule has 5 nitrogen and oxygen atoms in total. The van der Waals surface area contributed by atoms with Crippen LogP contribution in [0.5, 0.6) is 0 Å². The summed E-state index contributed by atoms with van der Waals surface area (Å²) >= 11 is 0. The minimum atomic E-state index is -0.157. The van der Waals surface area contributed by atoms with Crippen LogP contribution in [-0.2, 0) is 11.2 Å². The van der Waals surface area contributed by atoms with E-state index in [0.717, 1.165) is 38.8 Å². The first-order valence-electron chi connectivity index (χ1n) is 8.53. The van der Waals surface area contributed by atoms with E-state index in [2.05, 4.69) is 34.4 Å². The summed E-state index contributed by atoms with van der Waals surface area (Å²) in [5, 5.41) is 6.62. The number of benzene rings is 1. The Balaban J connectivity index is 1.76. The fourth-order valence-electron chi connectivity index (χ4n) is 2.82. The Bertz CT molecular complexity index is 542. The number of hydrogen-bond acceptors (Lipinski definition) is 3. The molecule has 0 amide bonds. The number of hydrogen-bond donors (Lipinski definition) is 2. The SMILES string of the molecule is CN=C(NCCc1ccccc1F)NCC(C)(C)N1CCOCC1. The highest BCUT2D eigenvalue weighted by Crippen LogP contribution is 2.15. The van der Waals surface area contributed by atoms with Crippen LogP contribution in [-0.4, -0.2) is 62.8 Å². The van der Waals surface area contributed by atoms with Crippen LogP contribution in [0.3, 0.4) is 0 Å². The predicted octanol–water partition coefficient (Wildman–Crippen LogP) is 1.64. The number of nitrogens with one attached hydrogen (secondary N) is 2. The molecule has 134 valence electrons. The maximum Gasteiger partial charge on any atom is 0.191 e. The molecule has 1 aromatic rings. The van der Waals surface area contributed by atoms with Crippen LogP contribution >= 0.6 is 0 Å². The molecule has 1 heterocycles. The van der Waals surface area contributed by atoms with Crippen molar-refractivity contribution < 1.29 is 9.13 Å². The molecule has 0 spiro atoms. The lowest BCUT2D eigenvalue weighted by molar-refractivity contribution is -0.00833. The molecular weight excluding hydrogens is 307 g/mol. The van der Waals surface area contributed by atoms with Crippen molar-refractivity contribution in [2.24, 2.45) is 4.99 Å². The van der Waals surface area contributed by atoms with Gasteiger partial charge in [0.05, 0.1) is 13.2 Å². The number of halogens is 1. The third kappa shape index (κ3) is 5.46. The summed E-state index contributed by atoms with van der Waals surface area (Å²) in [5.41, 5.74) is 0.738. The predicted molar refractivity (Wildman–Crippen MR) is 95.9 cm³/mol. The molecule has 2 rings (SSSR count). The van der Waals surface area contributed by atoms with Crippen molar-refractivity contribution in [2.75, 3.05) is 46.4 Å². The molecule has 1 aliphatic heterocycles. The molecule has 1 aliphatic rings. The van der Waals surface area contributed by atoms with Crippen molar-refractivity contribution in [3.63, 3.8) is 0 Å². The monoisotopic (exact) mass is 336 g/mol. The van der Waals surface area contributed by atoms with E-state index in [4.69, 9.17) is 4.74 Å². The number of guanidine groups is 1. The van der Waals surface area contributed by atoms with Gasteiger partial charge in [0.1, 0.15) is 5.82 Å². The third-order valence-electron chi connectivity index (χ3n) is 4.42. The molecule has 1 saturated heterocycles. The van der Waals surface area contributed by atoms with E-state index < -0.39 is 0 Å². The molecule has 0 radical (unpaired) electrons. The molecule has 24 heavy (non-hydrogen) atoms. The number of nitrogens with zero attached hydrogens (tertiary/aromatic N) is 2. The third-order valence-corrected chi connectivity index (χ3v) is 4.42. The van der Waals surface area contributed by atoms with E-state index in [9.17, 15) is 4.39 Å². The topological polar surface area (TPSA) is 48.9 Å². The van der Waals surface area contributed by atoms with Gasteiger partial charge in [-0.1, -0.05) is 18.2 Å². The van der Waals surface area contributed by atoms with Crippen molar-refractivity contribution in [1.29, 1.82) is 0 Å². The number of morpholine rings is 1. The fraction of sp³-hybridized carbons (Fsp3) is 0.611. The van der Waals surface area contributed by atoms with Crippen LogP contribution in [0.15, 0.2) is 29.3 Å². The van der Waals surface area contributed by atoms with E-state index in [-0.39, 0.29) is 11.4 Å². The highest BCUT2D eigenvalue weighted by atomic mass is 19.1. The minimum Gasteiger partial charge on any atom is -0.379 e. The van der Waals surface area contributed by atoms with Crippen LogP contribution in [0.4, 0.5) is 4.39 Å². The second-order valence-corrected chi connectivity index (χ2v) is 6.61. The van der Waals surface area contributed by atoms with E-state index >= 15 is 0 Å². The number of rotatable bonds is 6. The smallest absolute Gasteiger partial charge is 0.191 e. The van der Waals surface area contributed by atoms with E-state index in [1.54, 1.807) is 13.1 Å². The van der Waals surface area contributed by atoms with Crippen molar-refractivity contribution in [3.8, 4) is 0 Å². The van der Waals surface area contributed by atoms with Gasteiger partial charge < -0.3 is 15.4 Å². The van der Waals surface area contributed by atoms with E-state index in [1.807, 2.05) is 12.1 Å². The summed E-state index contributed by atoms with van der Waals surface area (Å²) < 4.78 is 19.0. The lowest BCUT2D eigenvalue weighted by Crippen LogP contribution is -2.56. The molecular formula is C18H29FN4O. The van der Waals surface area contributed by atoms with Crippen LogP contribution in [0.2, 0.25) is 0 Å². The van der Waals surface area contributed by atoms with Crippen LogP contribution in [0.25, 0.3) is 0 Å². The molecule has 1 fully saturated rings. The quantitative estimate of drug-likeness (QED) is 0.613. The Morgan fingerprint density at radius 3 is 2.62 bits per heavy atom. The second kappa shape index (κ2) is 8.99. The zero-order valence-electron chi connectivity index (χ0n) is 14.9. The molecule has 0 aromatic heterocycles. The summed E-state index contributed by atoms with van der Waals surface area (Å²) in [4.78, 5) is 6.67. The molecule has 0 unspecified atom stereocenters. The lowest BCUT2D eigenvalue weighted by Gasteiger charge is -2.41. The lowest BCUT2D eigenvalue weighted by atomic mass is 10.0. The molecule has 0 atom stereocenters. The van der Waals surface area contributed by atoms with Gasteiger partial charge >= 0.3 is 0 Å². The van der Waals surface area contributed by atoms with Gasteiger partial charge in [-0.2, -0.15) is 0 Å². The van der Waals surface area contributed by atoms with Gasteiger partial charge in [0.25, 0.3) is 0 Å². The van der Waals surface area contributed by atoms with Gasteiger partial charge in [0.2, 0.25) is 0 Å². The highest BCUT2D eigenvalue weighted by molar-refractivity contribution is 5.79. The zero-order valence-corrected chi connectivity index (χ0v) is 14.9. The molecule has 0 aliphatic carbocycles. The Kier molecular flexibility index (Phi) is 6.99. The van der Waals surface area contributed by atoms with Crippen LogP contribution < -0.4 is 10.6 Å². The van der Waals surface area contributed by atoms with E-state index in [1.165, 1.54) is 6.07 Å². The first-order chi connectivity index (χ1) is 11.5. The number of aliphatic imine (C=N–C) groups is 1. The van der Waals surface area contributed by atoms with Crippen molar-refractivity contribution >= 4 is 5.96 Å². The summed E-state index contributed by atoms with van der Waals surface area (Å²) in [6.07, 6.45) is 0.625. The standard InChI is InChI=1S/C18H29FN4O/c1-18(2,23-10-12-24-13-11-23)14-22-17(20-3)21-9-8-15-6-4-5-7-16(15)19/h4-7H,8-14H2,1-3H3,(H2,20,21,22). The summed E-state index contributed by atoms with van der Waals surface area (Å²) in [5.74, 6) is 0.586. The average Bonchev–Trinajstić information content (AvgIpc) is 2.60. The maximum absolute atomic E-state index is 13.6. The molecule has 6 heteroatoms.